The second-order valence-corrected chi connectivity index (χ2v) is 4.53. The number of aromatic nitrogens is 1. The van der Waals surface area contributed by atoms with Gasteiger partial charge in [0, 0.05) is 6.20 Å². The van der Waals surface area contributed by atoms with Crippen molar-refractivity contribution in [3.8, 4) is 0 Å². The fraction of sp³-hybridized carbons (Fsp3) is 0.462. The average Bonchev–Trinajstić information content (AvgIpc) is 2.40. The van der Waals surface area contributed by atoms with Gasteiger partial charge in [0.2, 0.25) is 0 Å². The third-order valence-electron chi connectivity index (χ3n) is 3.25. The Morgan fingerprint density at radius 2 is 2.06 bits per heavy atom. The molecule has 1 aliphatic rings. The van der Waals surface area contributed by atoms with Gasteiger partial charge in [-0.05, 0) is 38.1 Å². The lowest BCUT2D eigenvalue weighted by molar-refractivity contribution is -0.143. The first-order chi connectivity index (χ1) is 8.66. The van der Waals surface area contributed by atoms with Crippen LogP contribution in [0.15, 0.2) is 24.4 Å². The molecular weight excluding hydrogens is 232 g/mol. The third kappa shape index (κ3) is 3.13. The van der Waals surface area contributed by atoms with Gasteiger partial charge in [-0.25, -0.2) is 0 Å². The number of Topliss-reactive ketones (excluding diaryl/α,β-unsaturated/α-hetero) is 1. The molecule has 0 spiro atoms. The monoisotopic (exact) mass is 248 g/mol. The lowest BCUT2D eigenvalue weighted by Crippen LogP contribution is -2.39. The van der Waals surface area contributed by atoms with E-state index in [2.05, 4.69) is 4.98 Å². The Hall–Kier alpha value is -1.75. The molecule has 2 rings (SSSR count). The zero-order valence-corrected chi connectivity index (χ0v) is 10.1. The molecule has 0 aliphatic carbocycles. The Bertz CT molecular complexity index is 425. The number of hydrogen-bond donors (Lipinski definition) is 1. The predicted molar refractivity (Wildman–Crippen MR) is 65.4 cm³/mol. The van der Waals surface area contributed by atoms with Gasteiger partial charge in [0.1, 0.15) is 5.69 Å². The first-order valence-electron chi connectivity index (χ1n) is 6.06. The summed E-state index contributed by atoms with van der Waals surface area (Å²) in [5, 5.41) is 8.89. The van der Waals surface area contributed by atoms with Gasteiger partial charge in [-0.1, -0.05) is 6.07 Å². The fourth-order valence-corrected chi connectivity index (χ4v) is 2.15. The molecule has 0 bridgehead atoms. The van der Waals surface area contributed by atoms with Crippen molar-refractivity contribution in [3.63, 3.8) is 0 Å². The van der Waals surface area contributed by atoms with Crippen LogP contribution in [0.4, 0.5) is 0 Å². The Kier molecular flexibility index (Phi) is 4.04. The highest BCUT2D eigenvalue weighted by Gasteiger charge is 2.25. The largest absolute Gasteiger partial charge is 0.481 e. The first-order valence-corrected chi connectivity index (χ1v) is 6.06. The van der Waals surface area contributed by atoms with Crippen molar-refractivity contribution in [2.24, 2.45) is 5.92 Å². The molecule has 1 aromatic heterocycles. The molecule has 1 fully saturated rings. The summed E-state index contributed by atoms with van der Waals surface area (Å²) in [6.45, 7) is 1.65. The van der Waals surface area contributed by atoms with Crippen LogP contribution in [0.5, 0.6) is 0 Å². The number of nitrogens with zero attached hydrogens (tertiary/aromatic N) is 2. The molecule has 18 heavy (non-hydrogen) atoms. The second kappa shape index (κ2) is 5.73. The highest BCUT2D eigenvalue weighted by atomic mass is 16.4. The molecule has 1 aromatic rings. The molecule has 0 radical (unpaired) electrons. The van der Waals surface area contributed by atoms with Crippen LogP contribution in [0, 0.1) is 5.92 Å². The second-order valence-electron chi connectivity index (χ2n) is 4.53. The molecule has 5 nitrogen and oxygen atoms in total. The average molecular weight is 248 g/mol. The summed E-state index contributed by atoms with van der Waals surface area (Å²) in [4.78, 5) is 28.7. The molecule has 1 aliphatic heterocycles. The maximum atomic E-state index is 11.9. The molecule has 2 heterocycles. The molecule has 1 N–H and O–H groups in total. The van der Waals surface area contributed by atoms with Gasteiger partial charge in [0.25, 0.3) is 0 Å². The van der Waals surface area contributed by atoms with Crippen molar-refractivity contribution in [1.29, 1.82) is 0 Å². The highest BCUT2D eigenvalue weighted by Crippen LogP contribution is 2.17. The van der Waals surface area contributed by atoms with Crippen molar-refractivity contribution in [1.82, 2.24) is 9.88 Å². The number of carbonyl (C=O) groups is 2. The summed E-state index contributed by atoms with van der Waals surface area (Å²) in [6, 6.07) is 5.26. The maximum absolute atomic E-state index is 11.9. The third-order valence-corrected chi connectivity index (χ3v) is 3.25. The number of piperidine rings is 1. The van der Waals surface area contributed by atoms with Crippen LogP contribution >= 0.6 is 0 Å². The fourth-order valence-electron chi connectivity index (χ4n) is 2.15. The van der Waals surface area contributed by atoms with Gasteiger partial charge in [-0.15, -0.1) is 0 Å². The lowest BCUT2D eigenvalue weighted by Gasteiger charge is -2.29. The van der Waals surface area contributed by atoms with Crippen LogP contribution in [-0.4, -0.2) is 46.4 Å². The van der Waals surface area contributed by atoms with Gasteiger partial charge in [0.15, 0.2) is 5.78 Å². The molecule has 0 atom stereocenters. The normalized spacial score (nSPS) is 17.6. The zero-order valence-electron chi connectivity index (χ0n) is 10.1. The topological polar surface area (TPSA) is 70.5 Å². The molecule has 0 saturated carbocycles. The summed E-state index contributed by atoms with van der Waals surface area (Å²) in [7, 11) is 0. The number of carboxylic acids is 1. The lowest BCUT2D eigenvalue weighted by atomic mass is 9.97. The van der Waals surface area contributed by atoms with Crippen molar-refractivity contribution in [2.45, 2.75) is 12.8 Å². The molecule has 0 amide bonds. The summed E-state index contributed by atoms with van der Waals surface area (Å²) >= 11 is 0. The number of hydrogen-bond acceptors (Lipinski definition) is 4. The summed E-state index contributed by atoms with van der Waals surface area (Å²) in [6.07, 6.45) is 2.83. The number of aliphatic carboxylic acids is 1. The van der Waals surface area contributed by atoms with Crippen LogP contribution in [0.2, 0.25) is 0 Å². The number of rotatable bonds is 4. The maximum Gasteiger partial charge on any atom is 0.306 e. The first kappa shape index (κ1) is 12.7. The van der Waals surface area contributed by atoms with Crippen LogP contribution in [0.25, 0.3) is 0 Å². The summed E-state index contributed by atoms with van der Waals surface area (Å²) in [5.41, 5.74) is 0.470. The van der Waals surface area contributed by atoms with E-state index in [-0.39, 0.29) is 11.7 Å². The van der Waals surface area contributed by atoms with E-state index in [0.29, 0.717) is 38.2 Å². The van der Waals surface area contributed by atoms with Gasteiger partial charge in [0.05, 0.1) is 12.5 Å². The summed E-state index contributed by atoms with van der Waals surface area (Å²) in [5.74, 6) is -0.999. The summed E-state index contributed by atoms with van der Waals surface area (Å²) < 4.78 is 0. The van der Waals surface area contributed by atoms with E-state index >= 15 is 0 Å². The minimum absolute atomic E-state index is 0.00984. The highest BCUT2D eigenvalue weighted by molar-refractivity contribution is 5.95. The van der Waals surface area contributed by atoms with Gasteiger partial charge in [-0.2, -0.15) is 0 Å². The van der Waals surface area contributed by atoms with Gasteiger partial charge in [-0.3, -0.25) is 19.5 Å². The zero-order chi connectivity index (χ0) is 13.0. The SMILES string of the molecule is O=C(CN1CCC(C(=O)O)CC1)c1ccccn1. The van der Waals surface area contributed by atoms with Crippen LogP contribution in [0.1, 0.15) is 23.3 Å². The van der Waals surface area contributed by atoms with Crippen LogP contribution < -0.4 is 0 Å². The number of carbonyl (C=O) groups excluding carboxylic acids is 1. The molecule has 0 aromatic carbocycles. The molecule has 5 heteroatoms. The number of pyridine rings is 1. The number of likely N-dealkylation sites (tertiary alicyclic amines) is 1. The molecule has 1 saturated heterocycles. The Morgan fingerprint density at radius 3 is 2.61 bits per heavy atom. The van der Waals surface area contributed by atoms with Crippen molar-refractivity contribution < 1.29 is 14.7 Å². The van der Waals surface area contributed by atoms with Gasteiger partial charge >= 0.3 is 5.97 Å². The van der Waals surface area contributed by atoms with E-state index in [1.165, 1.54) is 0 Å². The number of ketones is 1. The number of carboxylic acid groups (broad SMARTS) is 1. The Balaban J connectivity index is 1.85. The minimum atomic E-state index is -0.731. The van der Waals surface area contributed by atoms with Crippen molar-refractivity contribution >= 4 is 11.8 Å². The standard InChI is InChI=1S/C13H16N2O3/c16-12(11-3-1-2-6-14-11)9-15-7-4-10(5-8-15)13(17)18/h1-3,6,10H,4-5,7-9H2,(H,17,18). The molecule has 0 unspecified atom stereocenters. The van der Waals surface area contributed by atoms with Crippen molar-refractivity contribution in [2.75, 3.05) is 19.6 Å². The Morgan fingerprint density at radius 1 is 1.33 bits per heavy atom. The minimum Gasteiger partial charge on any atom is -0.481 e. The van der Waals surface area contributed by atoms with E-state index < -0.39 is 5.97 Å². The molecule has 96 valence electrons. The van der Waals surface area contributed by atoms with E-state index in [0.717, 1.165) is 0 Å². The quantitative estimate of drug-likeness (QED) is 0.807. The van der Waals surface area contributed by atoms with E-state index in [1.807, 2.05) is 4.90 Å². The van der Waals surface area contributed by atoms with Gasteiger partial charge < -0.3 is 5.11 Å². The van der Waals surface area contributed by atoms with Crippen LogP contribution in [0.3, 0.4) is 0 Å². The van der Waals surface area contributed by atoms with Crippen molar-refractivity contribution in [3.05, 3.63) is 30.1 Å². The van der Waals surface area contributed by atoms with Crippen LogP contribution in [-0.2, 0) is 4.79 Å². The predicted octanol–water partition coefficient (Wildman–Crippen LogP) is 1.06. The Labute approximate surface area is 105 Å². The smallest absolute Gasteiger partial charge is 0.306 e. The van der Waals surface area contributed by atoms with E-state index in [4.69, 9.17) is 5.11 Å². The van der Waals surface area contributed by atoms with E-state index in [1.54, 1.807) is 24.4 Å². The van der Waals surface area contributed by atoms with E-state index in [9.17, 15) is 9.59 Å². The molecular formula is C13H16N2O3.